The van der Waals surface area contributed by atoms with Crippen LogP contribution < -0.4 is 13.7 Å². The van der Waals surface area contributed by atoms with E-state index in [9.17, 15) is 8.42 Å². The third-order valence-corrected chi connectivity index (χ3v) is 7.40. The fourth-order valence-electron chi connectivity index (χ4n) is 4.81. The van der Waals surface area contributed by atoms with E-state index in [4.69, 9.17) is 13.7 Å². The van der Waals surface area contributed by atoms with Crippen LogP contribution in [0.1, 0.15) is 33.9 Å². The highest BCUT2D eigenvalue weighted by molar-refractivity contribution is 7.90. The van der Waals surface area contributed by atoms with Crippen molar-refractivity contribution in [3.8, 4) is 17.2 Å². The molecule has 0 aromatic heterocycles. The van der Waals surface area contributed by atoms with Crippen LogP contribution in [0.4, 0.5) is 0 Å². The Bertz CT molecular complexity index is 1330. The Morgan fingerprint density at radius 1 is 0.912 bits per heavy atom. The third-order valence-electron chi connectivity index (χ3n) is 6.52. The summed E-state index contributed by atoms with van der Waals surface area (Å²) in [5, 5.41) is 1.08. The van der Waals surface area contributed by atoms with Crippen LogP contribution in [0.3, 0.4) is 0 Å². The lowest BCUT2D eigenvalue weighted by atomic mass is 9.84. The van der Waals surface area contributed by atoms with Crippen LogP contribution in [0.25, 0.3) is 6.08 Å². The van der Waals surface area contributed by atoms with E-state index in [0.29, 0.717) is 5.75 Å². The number of rotatable bonds is 6. The minimum Gasteiger partial charge on any atom is -0.497 e. The van der Waals surface area contributed by atoms with Crippen LogP contribution in [-0.2, 0) is 29.5 Å². The first-order chi connectivity index (χ1) is 16.5. The average molecular weight is 478 g/mol. The maximum absolute atomic E-state index is 12.7. The molecule has 2 aliphatic heterocycles. The van der Waals surface area contributed by atoms with E-state index in [1.807, 2.05) is 48.5 Å². The highest BCUT2D eigenvalue weighted by atomic mass is 32.2. The molecule has 1 atom stereocenters. The van der Waals surface area contributed by atoms with Crippen LogP contribution >= 0.6 is 0 Å². The maximum Gasteiger partial charge on any atom is 0.332 e. The van der Waals surface area contributed by atoms with Crippen LogP contribution in [0.5, 0.6) is 17.2 Å². The number of hydrogen-bond acceptors (Lipinski definition) is 6. The summed E-state index contributed by atoms with van der Waals surface area (Å²) in [6.07, 6.45) is 3.27. The summed E-state index contributed by atoms with van der Waals surface area (Å²) in [6, 6.07) is 19.5. The van der Waals surface area contributed by atoms with Gasteiger partial charge in [0.1, 0.15) is 5.75 Å². The number of fused-ring (bicyclic) bond motifs is 4. The van der Waals surface area contributed by atoms with Crippen LogP contribution in [0.2, 0.25) is 0 Å². The average Bonchev–Trinajstić information content (AvgIpc) is 2.86. The summed E-state index contributed by atoms with van der Waals surface area (Å²) < 4.78 is 41.7. The van der Waals surface area contributed by atoms with Gasteiger partial charge < -0.3 is 13.7 Å². The Hall–Kier alpha value is -3.29. The molecule has 176 valence electrons. The number of nitrogens with zero attached hydrogens (tertiary/aromatic N) is 1. The number of ether oxygens (including phenoxy) is 2. The summed E-state index contributed by atoms with van der Waals surface area (Å²) in [5.41, 5.74) is 5.59. The minimum absolute atomic E-state index is 0.207. The van der Waals surface area contributed by atoms with Gasteiger partial charge in [-0.15, -0.1) is 0 Å². The fourth-order valence-corrected chi connectivity index (χ4v) is 5.57. The van der Waals surface area contributed by atoms with Gasteiger partial charge in [0.05, 0.1) is 19.6 Å². The molecule has 0 radical (unpaired) electrons. The second-order valence-electron chi connectivity index (χ2n) is 8.57. The predicted octanol–water partition coefficient (Wildman–Crippen LogP) is 4.74. The molecule has 0 spiro atoms. The molecular weight excluding hydrogens is 450 g/mol. The quantitative estimate of drug-likeness (QED) is 0.478. The first-order valence-corrected chi connectivity index (χ1v) is 12.7. The molecule has 0 N–H and O–H groups in total. The number of methoxy groups -OCH3 is 2. The van der Waals surface area contributed by atoms with E-state index in [1.165, 1.54) is 24.3 Å². The van der Waals surface area contributed by atoms with Crippen LogP contribution in [0, 0.1) is 0 Å². The van der Waals surface area contributed by atoms with E-state index < -0.39 is 10.1 Å². The lowest BCUT2D eigenvalue weighted by molar-refractivity contribution is 0.160. The standard InChI is InChI=1S/C27H27NO5S/c1-31-23-8-9-24-20(14-23)10-12-28-18-22-17-26(32-2)27(16-21(22)15-25(24)28)33-34(29,30)13-11-19-6-4-3-5-7-19/h3-9,11,13-14,16-17,25H,10,12,15,18H2,1-2H3/b13-11+. The van der Waals surface area contributed by atoms with Gasteiger partial charge in [0.15, 0.2) is 11.5 Å². The molecule has 6 nitrogen and oxygen atoms in total. The van der Waals surface area contributed by atoms with Crippen LogP contribution in [0.15, 0.2) is 66.1 Å². The Balaban J connectivity index is 1.43. The molecule has 0 amide bonds. The number of hydrogen-bond donors (Lipinski definition) is 0. The van der Waals surface area contributed by atoms with Gasteiger partial charge in [0, 0.05) is 19.1 Å². The lowest BCUT2D eigenvalue weighted by Gasteiger charge is -2.41. The van der Waals surface area contributed by atoms with E-state index in [1.54, 1.807) is 7.11 Å². The Kier molecular flexibility index (Phi) is 6.06. The Morgan fingerprint density at radius 2 is 1.71 bits per heavy atom. The second kappa shape index (κ2) is 9.16. The van der Waals surface area contributed by atoms with E-state index >= 15 is 0 Å². The van der Waals surface area contributed by atoms with Gasteiger partial charge in [-0.05, 0) is 71.0 Å². The Morgan fingerprint density at radius 3 is 2.47 bits per heavy atom. The third kappa shape index (κ3) is 4.54. The first kappa shape index (κ1) is 22.5. The van der Waals surface area contributed by atoms with E-state index in [0.717, 1.165) is 53.8 Å². The normalized spacial score (nSPS) is 17.5. The molecule has 1 unspecified atom stereocenters. The van der Waals surface area contributed by atoms with Crippen molar-refractivity contribution in [3.63, 3.8) is 0 Å². The predicted molar refractivity (Wildman–Crippen MR) is 132 cm³/mol. The molecule has 2 heterocycles. The van der Waals surface area contributed by atoms with Crippen molar-refractivity contribution in [2.24, 2.45) is 0 Å². The zero-order valence-electron chi connectivity index (χ0n) is 19.2. The molecule has 0 aliphatic carbocycles. The van der Waals surface area contributed by atoms with Crippen molar-refractivity contribution < 1.29 is 22.1 Å². The second-order valence-corrected chi connectivity index (χ2v) is 9.99. The minimum atomic E-state index is -3.96. The van der Waals surface area contributed by atoms with Gasteiger partial charge in [0.25, 0.3) is 0 Å². The molecule has 0 saturated heterocycles. The van der Waals surface area contributed by atoms with E-state index in [-0.39, 0.29) is 11.8 Å². The monoisotopic (exact) mass is 477 g/mol. The highest BCUT2D eigenvalue weighted by Gasteiger charge is 2.33. The van der Waals surface area contributed by atoms with E-state index in [2.05, 4.69) is 17.0 Å². The van der Waals surface area contributed by atoms with Gasteiger partial charge in [0.2, 0.25) is 0 Å². The first-order valence-electron chi connectivity index (χ1n) is 11.2. The topological polar surface area (TPSA) is 65.1 Å². The molecule has 3 aromatic carbocycles. The number of benzene rings is 3. The zero-order valence-corrected chi connectivity index (χ0v) is 20.0. The van der Waals surface area contributed by atoms with Crippen molar-refractivity contribution in [2.45, 2.75) is 25.4 Å². The molecular formula is C27H27NO5S. The fraction of sp³-hybridized carbons (Fsp3) is 0.259. The SMILES string of the molecule is COc1ccc2c(c1)CCN1Cc3cc(OC)c(OS(=O)(=O)/C=C/c4ccccc4)cc3CC21. The van der Waals surface area contributed by atoms with Gasteiger partial charge in [-0.25, -0.2) is 0 Å². The van der Waals surface area contributed by atoms with Crippen molar-refractivity contribution in [3.05, 3.63) is 93.9 Å². The molecule has 0 saturated carbocycles. The van der Waals surface area contributed by atoms with Gasteiger partial charge in [-0.3, -0.25) is 4.90 Å². The van der Waals surface area contributed by atoms with Gasteiger partial charge in [-0.1, -0.05) is 36.4 Å². The van der Waals surface area contributed by atoms with Gasteiger partial charge in [-0.2, -0.15) is 8.42 Å². The molecule has 0 fully saturated rings. The van der Waals surface area contributed by atoms with Crippen LogP contribution in [-0.4, -0.2) is 34.1 Å². The summed E-state index contributed by atoms with van der Waals surface area (Å²) in [6.45, 7) is 1.74. The molecule has 34 heavy (non-hydrogen) atoms. The lowest BCUT2D eigenvalue weighted by Crippen LogP contribution is -2.39. The Labute approximate surface area is 200 Å². The van der Waals surface area contributed by atoms with Crippen molar-refractivity contribution in [1.29, 1.82) is 0 Å². The largest absolute Gasteiger partial charge is 0.497 e. The van der Waals surface area contributed by atoms with Crippen molar-refractivity contribution in [1.82, 2.24) is 4.90 Å². The maximum atomic E-state index is 12.7. The van der Waals surface area contributed by atoms with Crippen molar-refractivity contribution >= 4 is 16.2 Å². The summed E-state index contributed by atoms with van der Waals surface area (Å²) >= 11 is 0. The zero-order chi connectivity index (χ0) is 23.7. The molecule has 2 aliphatic rings. The molecule has 3 aromatic rings. The molecule has 0 bridgehead atoms. The molecule has 7 heteroatoms. The highest BCUT2D eigenvalue weighted by Crippen LogP contribution is 2.42. The summed E-state index contributed by atoms with van der Waals surface area (Å²) in [4.78, 5) is 2.47. The smallest absolute Gasteiger partial charge is 0.332 e. The summed E-state index contributed by atoms with van der Waals surface area (Å²) in [5.74, 6) is 1.49. The van der Waals surface area contributed by atoms with Crippen molar-refractivity contribution in [2.75, 3.05) is 20.8 Å². The molecule has 5 rings (SSSR count). The van der Waals surface area contributed by atoms with Gasteiger partial charge >= 0.3 is 10.1 Å². The summed E-state index contributed by atoms with van der Waals surface area (Å²) in [7, 11) is -0.745.